The van der Waals surface area contributed by atoms with Crippen molar-refractivity contribution in [2.45, 2.75) is 58.3 Å². The van der Waals surface area contributed by atoms with Crippen LogP contribution in [-0.4, -0.2) is 19.3 Å². The molecule has 0 aliphatic carbocycles. The Hall–Kier alpha value is -2.16. The number of unbranched alkanes of at least 4 members (excludes halogenated alkanes) is 3. The predicted octanol–water partition coefficient (Wildman–Crippen LogP) is 6.32. The number of benzene rings is 2. The highest BCUT2D eigenvalue weighted by Crippen LogP contribution is 2.39. The Balaban J connectivity index is 2.24. The molecular weight excluding hydrogens is 324 g/mol. The van der Waals surface area contributed by atoms with Crippen LogP contribution in [0.2, 0.25) is 0 Å². The summed E-state index contributed by atoms with van der Waals surface area (Å²) < 4.78 is 10.7. The zero-order valence-corrected chi connectivity index (χ0v) is 16.8. The summed E-state index contributed by atoms with van der Waals surface area (Å²) in [5.74, 6) is 1.64. The lowest BCUT2D eigenvalue weighted by molar-refractivity contribution is 0.355. The number of ether oxygens (including phenoxy) is 2. The monoisotopic (exact) mass is 356 g/mol. The van der Waals surface area contributed by atoms with E-state index in [9.17, 15) is 5.11 Å². The van der Waals surface area contributed by atoms with Crippen molar-refractivity contribution in [1.29, 1.82) is 0 Å². The van der Waals surface area contributed by atoms with Crippen LogP contribution in [0.25, 0.3) is 11.1 Å². The van der Waals surface area contributed by atoms with Gasteiger partial charge in [0.15, 0.2) is 11.5 Å². The summed E-state index contributed by atoms with van der Waals surface area (Å²) >= 11 is 0. The first kappa shape index (κ1) is 20.2. The van der Waals surface area contributed by atoms with E-state index < -0.39 is 0 Å². The van der Waals surface area contributed by atoms with Crippen LogP contribution in [0.4, 0.5) is 0 Å². The summed E-state index contributed by atoms with van der Waals surface area (Å²) in [6.07, 6.45) is 6.16. The maximum absolute atomic E-state index is 10.6. The Bertz CT molecular complexity index is 719. The van der Waals surface area contributed by atoms with Crippen molar-refractivity contribution >= 4 is 0 Å². The first-order valence-electron chi connectivity index (χ1n) is 9.49. The van der Waals surface area contributed by atoms with Crippen LogP contribution in [0.3, 0.4) is 0 Å². The fraction of sp³-hybridized carbons (Fsp3) is 0.478. The summed E-state index contributed by atoms with van der Waals surface area (Å²) in [4.78, 5) is 0. The maximum atomic E-state index is 10.6. The molecule has 0 atom stereocenters. The van der Waals surface area contributed by atoms with Crippen LogP contribution in [-0.2, 0) is 5.41 Å². The minimum atomic E-state index is 0.0569. The molecule has 0 aliphatic rings. The lowest BCUT2D eigenvalue weighted by Crippen LogP contribution is -2.16. The third-order valence-electron chi connectivity index (χ3n) is 5.13. The second kappa shape index (κ2) is 8.98. The normalized spacial score (nSPS) is 11.4. The Kier molecular flexibility index (Phi) is 6.96. The smallest absolute Gasteiger partial charge is 0.161 e. The fourth-order valence-corrected chi connectivity index (χ4v) is 3.34. The minimum absolute atomic E-state index is 0.0569. The fourth-order valence-electron chi connectivity index (χ4n) is 3.34. The lowest BCUT2D eigenvalue weighted by atomic mass is 9.79. The van der Waals surface area contributed by atoms with E-state index in [-0.39, 0.29) is 5.41 Å². The van der Waals surface area contributed by atoms with Gasteiger partial charge in [-0.1, -0.05) is 64.7 Å². The van der Waals surface area contributed by atoms with Crippen molar-refractivity contribution in [2.75, 3.05) is 14.2 Å². The average molecular weight is 357 g/mol. The molecule has 0 bridgehead atoms. The van der Waals surface area contributed by atoms with Crippen molar-refractivity contribution in [3.8, 4) is 28.4 Å². The lowest BCUT2D eigenvalue weighted by Gasteiger charge is -2.26. The number of aromatic hydroxyl groups is 1. The predicted molar refractivity (Wildman–Crippen MR) is 108 cm³/mol. The molecule has 142 valence electrons. The molecule has 0 amide bonds. The second-order valence-corrected chi connectivity index (χ2v) is 7.50. The van der Waals surface area contributed by atoms with Gasteiger partial charge in [-0.2, -0.15) is 0 Å². The summed E-state index contributed by atoms with van der Waals surface area (Å²) in [6.45, 7) is 6.74. The van der Waals surface area contributed by atoms with E-state index in [1.54, 1.807) is 14.2 Å². The summed E-state index contributed by atoms with van der Waals surface area (Å²) in [7, 11) is 3.23. The second-order valence-electron chi connectivity index (χ2n) is 7.50. The largest absolute Gasteiger partial charge is 0.507 e. The summed E-state index contributed by atoms with van der Waals surface area (Å²) in [5.41, 5.74) is 2.95. The van der Waals surface area contributed by atoms with Crippen LogP contribution in [0.1, 0.15) is 58.4 Å². The zero-order chi connectivity index (χ0) is 19.2. The zero-order valence-electron chi connectivity index (χ0n) is 16.8. The molecule has 0 fully saturated rings. The number of hydrogen-bond acceptors (Lipinski definition) is 3. The third kappa shape index (κ3) is 4.72. The van der Waals surface area contributed by atoms with Crippen molar-refractivity contribution in [3.05, 3.63) is 42.0 Å². The van der Waals surface area contributed by atoms with Crippen LogP contribution in [0, 0.1) is 0 Å². The van der Waals surface area contributed by atoms with Crippen LogP contribution >= 0.6 is 0 Å². The molecule has 0 aromatic heterocycles. The van der Waals surface area contributed by atoms with Gasteiger partial charge in [0.2, 0.25) is 0 Å². The van der Waals surface area contributed by atoms with Gasteiger partial charge in [-0.3, -0.25) is 0 Å². The van der Waals surface area contributed by atoms with Gasteiger partial charge >= 0.3 is 0 Å². The number of hydrogen-bond donors (Lipinski definition) is 1. The van der Waals surface area contributed by atoms with E-state index in [1.165, 1.54) is 31.2 Å². The van der Waals surface area contributed by atoms with E-state index in [0.29, 0.717) is 17.2 Å². The van der Waals surface area contributed by atoms with Gasteiger partial charge in [0.25, 0.3) is 0 Å². The van der Waals surface area contributed by atoms with Crippen LogP contribution in [0.15, 0.2) is 36.4 Å². The Labute approximate surface area is 158 Å². The van der Waals surface area contributed by atoms with Crippen molar-refractivity contribution in [2.24, 2.45) is 0 Å². The Morgan fingerprint density at radius 3 is 2.23 bits per heavy atom. The number of phenols is 1. The summed E-state index contributed by atoms with van der Waals surface area (Å²) in [6, 6.07) is 11.7. The van der Waals surface area contributed by atoms with Crippen LogP contribution < -0.4 is 9.47 Å². The number of rotatable bonds is 9. The molecule has 0 saturated carbocycles. The highest BCUT2D eigenvalue weighted by molar-refractivity contribution is 5.73. The van der Waals surface area contributed by atoms with Crippen LogP contribution in [0.5, 0.6) is 17.2 Å². The molecule has 26 heavy (non-hydrogen) atoms. The molecule has 0 aliphatic heterocycles. The third-order valence-corrected chi connectivity index (χ3v) is 5.13. The van der Waals surface area contributed by atoms with Crippen molar-refractivity contribution in [3.63, 3.8) is 0 Å². The molecule has 3 heteroatoms. The quantitative estimate of drug-likeness (QED) is 0.534. The highest BCUT2D eigenvalue weighted by Gasteiger charge is 2.21. The van der Waals surface area contributed by atoms with Gasteiger partial charge in [0, 0.05) is 5.56 Å². The van der Waals surface area contributed by atoms with Gasteiger partial charge in [-0.15, -0.1) is 0 Å². The molecule has 0 heterocycles. The first-order valence-corrected chi connectivity index (χ1v) is 9.49. The number of methoxy groups -OCH3 is 2. The molecule has 0 spiro atoms. The molecule has 3 nitrogen and oxygen atoms in total. The van der Waals surface area contributed by atoms with Gasteiger partial charge in [-0.25, -0.2) is 0 Å². The maximum Gasteiger partial charge on any atom is 0.161 e. The van der Waals surface area contributed by atoms with E-state index in [1.807, 2.05) is 30.3 Å². The van der Waals surface area contributed by atoms with Gasteiger partial charge in [0.05, 0.1) is 14.2 Å². The van der Waals surface area contributed by atoms with Crippen molar-refractivity contribution < 1.29 is 14.6 Å². The van der Waals surface area contributed by atoms with E-state index in [2.05, 4.69) is 26.8 Å². The van der Waals surface area contributed by atoms with E-state index in [4.69, 9.17) is 9.47 Å². The molecular formula is C23H32O3. The number of phenolic OH excluding ortho intramolecular Hbond substituents is 1. The Morgan fingerprint density at radius 1 is 0.885 bits per heavy atom. The molecule has 2 aromatic carbocycles. The topological polar surface area (TPSA) is 38.7 Å². The van der Waals surface area contributed by atoms with E-state index in [0.717, 1.165) is 17.5 Å². The molecule has 0 radical (unpaired) electrons. The van der Waals surface area contributed by atoms with Gasteiger partial charge < -0.3 is 14.6 Å². The molecule has 2 rings (SSSR count). The Morgan fingerprint density at radius 2 is 1.62 bits per heavy atom. The molecule has 0 unspecified atom stereocenters. The SMILES string of the molecule is CCCCCCC(C)(C)c1ccc(-c2ccc(OC)c(OC)c2)c(O)c1. The summed E-state index contributed by atoms with van der Waals surface area (Å²) in [5, 5.41) is 10.6. The average Bonchev–Trinajstić information content (AvgIpc) is 2.64. The van der Waals surface area contributed by atoms with Crippen molar-refractivity contribution in [1.82, 2.24) is 0 Å². The van der Waals surface area contributed by atoms with E-state index >= 15 is 0 Å². The minimum Gasteiger partial charge on any atom is -0.507 e. The molecule has 1 N–H and O–H groups in total. The standard InChI is InChI=1S/C23H32O3/c1-6-7-8-9-14-23(2,3)18-11-12-19(20(24)16-18)17-10-13-21(25-4)22(15-17)26-5/h10-13,15-16,24H,6-9,14H2,1-5H3. The highest BCUT2D eigenvalue weighted by atomic mass is 16.5. The molecule has 0 saturated heterocycles. The first-order chi connectivity index (χ1) is 12.4. The van der Waals surface area contributed by atoms with Gasteiger partial charge in [0.1, 0.15) is 5.75 Å². The molecule has 2 aromatic rings. The van der Waals surface area contributed by atoms with Gasteiger partial charge in [-0.05, 0) is 41.2 Å².